The highest BCUT2D eigenvalue weighted by atomic mass is 16.5. The minimum Gasteiger partial charge on any atom is -0.453 e. The summed E-state index contributed by atoms with van der Waals surface area (Å²) in [6, 6.07) is 8.69. The maximum atomic E-state index is 13.9. The van der Waals surface area contributed by atoms with Gasteiger partial charge in [0.05, 0.1) is 43.0 Å². The number of fused-ring (bicyclic) bond motifs is 4. The number of nitrogens with one attached hydrogen (secondary N) is 3. The van der Waals surface area contributed by atoms with Gasteiger partial charge in [-0.05, 0) is 133 Å². The number of carbonyl (C=O) groups excluding carboxylic acids is 3. The van der Waals surface area contributed by atoms with E-state index in [-0.39, 0.29) is 29.8 Å². The normalized spacial score (nSPS) is 24.0. The number of rotatable bonds is 10. The first-order valence-corrected chi connectivity index (χ1v) is 23.4. The molecule has 6 aliphatic rings. The van der Waals surface area contributed by atoms with E-state index in [2.05, 4.69) is 58.3 Å². The maximum Gasteiger partial charge on any atom is 0.407 e. The number of H-pyrrole nitrogens is 2. The van der Waals surface area contributed by atoms with Crippen LogP contribution in [0.15, 0.2) is 36.7 Å². The van der Waals surface area contributed by atoms with Crippen LogP contribution in [0.25, 0.3) is 33.6 Å². The van der Waals surface area contributed by atoms with Crippen molar-refractivity contribution in [1.29, 1.82) is 0 Å². The van der Waals surface area contributed by atoms with Gasteiger partial charge in [0, 0.05) is 30.6 Å². The first kappa shape index (κ1) is 40.2. The van der Waals surface area contributed by atoms with Gasteiger partial charge < -0.3 is 29.8 Å². The highest BCUT2D eigenvalue weighted by molar-refractivity contribution is 5.87. The van der Waals surface area contributed by atoms with Crippen molar-refractivity contribution in [1.82, 2.24) is 35.1 Å². The van der Waals surface area contributed by atoms with Crippen molar-refractivity contribution in [3.63, 3.8) is 0 Å². The molecule has 2 saturated carbocycles. The van der Waals surface area contributed by atoms with Gasteiger partial charge in [-0.3, -0.25) is 9.59 Å². The van der Waals surface area contributed by atoms with E-state index in [1.54, 1.807) is 0 Å². The third kappa shape index (κ3) is 6.98. The Morgan fingerprint density at radius 1 is 0.770 bits per heavy atom. The summed E-state index contributed by atoms with van der Waals surface area (Å²) in [5.41, 5.74) is 13.8. The summed E-state index contributed by atoms with van der Waals surface area (Å²) in [5, 5.41) is 2.77. The van der Waals surface area contributed by atoms with Crippen LogP contribution in [0.5, 0.6) is 0 Å². The van der Waals surface area contributed by atoms with Crippen LogP contribution >= 0.6 is 0 Å². The number of hydrogen-bond acceptors (Lipinski definition) is 6. The largest absolute Gasteiger partial charge is 0.453 e. The van der Waals surface area contributed by atoms with Gasteiger partial charge in [0.2, 0.25) is 11.8 Å². The number of nitrogens with zero attached hydrogens (tertiary/aromatic N) is 4. The fraction of sp³-hybridized carbons (Fsp3) is 0.580. The second-order valence-corrected chi connectivity index (χ2v) is 20.1. The molecule has 2 aromatic carbocycles. The molecule has 4 aliphatic carbocycles. The second-order valence-electron chi connectivity index (χ2n) is 20.1. The third-order valence-electron chi connectivity index (χ3n) is 15.6. The molecule has 4 heterocycles. The Morgan fingerprint density at radius 3 is 1.97 bits per heavy atom. The van der Waals surface area contributed by atoms with Crippen LogP contribution in [0.3, 0.4) is 0 Å². The molecule has 61 heavy (non-hydrogen) atoms. The van der Waals surface area contributed by atoms with Crippen molar-refractivity contribution in [3.8, 4) is 33.6 Å². The van der Waals surface area contributed by atoms with E-state index >= 15 is 0 Å². The Bertz CT molecular complexity index is 2350. The molecule has 2 aliphatic heterocycles. The number of aromatic amines is 2. The Labute approximate surface area is 360 Å². The highest BCUT2D eigenvalue weighted by Gasteiger charge is 2.46. The average Bonchev–Trinajstić information content (AvgIpc) is 4.09. The van der Waals surface area contributed by atoms with Crippen LogP contribution in [0.2, 0.25) is 0 Å². The number of alkyl carbamates (subject to hydrolysis) is 1. The van der Waals surface area contributed by atoms with Crippen molar-refractivity contribution in [2.24, 2.45) is 23.2 Å². The molecule has 3 N–H and O–H groups in total. The van der Waals surface area contributed by atoms with Gasteiger partial charge in [-0.1, -0.05) is 64.8 Å². The predicted octanol–water partition coefficient (Wildman–Crippen LogP) is 9.60. The standard InChI is InChI=1S/C50H63N7O4/c1-28(2)22-43(58)56-20-8-10-41(56)46-51-27-40(54-46)34-15-14-32(37-24-50(25-38(34)37)18-6-7-19-50)35-17-16-33(36-23-30-12-13-31(30)44(35)36)39-26-52-47(53-39)42-11-9-21-57(42)48(59)45(29(3)4)55-49(60)61-5/h14-17,26-31,41-42,45H,6-13,18-25H2,1-5H3,(H,51,54)(H,52,53)(H,55,60)/t30?,31?,41-,42-,45-/m0/s1. The van der Waals surface area contributed by atoms with E-state index in [1.807, 2.05) is 31.1 Å². The zero-order valence-corrected chi connectivity index (χ0v) is 36.7. The summed E-state index contributed by atoms with van der Waals surface area (Å²) >= 11 is 0. The van der Waals surface area contributed by atoms with Gasteiger partial charge in [0.1, 0.15) is 17.7 Å². The van der Waals surface area contributed by atoms with Crippen molar-refractivity contribution < 1.29 is 19.1 Å². The van der Waals surface area contributed by atoms with E-state index < -0.39 is 12.1 Å². The maximum absolute atomic E-state index is 13.9. The topological polar surface area (TPSA) is 136 Å². The van der Waals surface area contributed by atoms with Crippen LogP contribution in [0, 0.1) is 23.2 Å². The van der Waals surface area contributed by atoms with Crippen molar-refractivity contribution >= 4 is 17.9 Å². The lowest BCUT2D eigenvalue weighted by Gasteiger charge is -2.32. The SMILES string of the molecule is COC(=O)N[C@H](C(=O)N1CCC[C@H]1c1ncc(-c2ccc(-c3ccc(-c4cnc([C@@H]5CCCN5C(=O)CC(C)C)[nH]4)c4c3CC3(CCCC3)C4)c3c2CC2CCC32)[nH]1)C(C)C. The monoisotopic (exact) mass is 825 g/mol. The number of amides is 3. The number of aromatic nitrogens is 4. The van der Waals surface area contributed by atoms with Gasteiger partial charge in [-0.2, -0.15) is 0 Å². The average molecular weight is 826 g/mol. The lowest BCUT2D eigenvalue weighted by molar-refractivity contribution is -0.135. The van der Waals surface area contributed by atoms with Crippen LogP contribution in [-0.2, 0) is 33.6 Å². The molecule has 10 rings (SSSR count). The first-order valence-electron chi connectivity index (χ1n) is 23.4. The van der Waals surface area contributed by atoms with E-state index in [1.165, 1.54) is 90.1 Å². The van der Waals surface area contributed by atoms with E-state index in [0.29, 0.717) is 36.1 Å². The molecule has 2 saturated heterocycles. The summed E-state index contributed by atoms with van der Waals surface area (Å²) in [7, 11) is 1.32. The van der Waals surface area contributed by atoms with Gasteiger partial charge in [-0.15, -0.1) is 0 Å². The molecule has 4 fully saturated rings. The molecule has 1 spiro atoms. The molecule has 0 bridgehead atoms. The van der Waals surface area contributed by atoms with Crippen molar-refractivity contribution in [3.05, 3.63) is 70.6 Å². The zero-order chi connectivity index (χ0) is 42.2. The molecule has 2 aromatic heterocycles. The zero-order valence-electron chi connectivity index (χ0n) is 36.7. The van der Waals surface area contributed by atoms with E-state index in [0.717, 1.165) is 74.5 Å². The number of ether oxygens (including phenoxy) is 1. The minimum absolute atomic E-state index is 0.0168. The predicted molar refractivity (Wildman–Crippen MR) is 236 cm³/mol. The molecule has 5 atom stereocenters. The van der Waals surface area contributed by atoms with Gasteiger partial charge in [-0.25, -0.2) is 14.8 Å². The lowest BCUT2D eigenvalue weighted by Crippen LogP contribution is -2.51. The molecule has 0 radical (unpaired) electrons. The Kier molecular flexibility index (Phi) is 10.4. The van der Waals surface area contributed by atoms with Crippen molar-refractivity contribution in [2.75, 3.05) is 20.2 Å². The van der Waals surface area contributed by atoms with Crippen LogP contribution in [0.1, 0.15) is 150 Å². The van der Waals surface area contributed by atoms with Crippen molar-refractivity contribution in [2.45, 2.75) is 142 Å². The van der Waals surface area contributed by atoms with E-state index in [4.69, 9.17) is 14.7 Å². The molecule has 11 nitrogen and oxygen atoms in total. The lowest BCUT2D eigenvalue weighted by atomic mass is 9.72. The van der Waals surface area contributed by atoms with Crippen LogP contribution < -0.4 is 5.32 Å². The molecule has 3 amide bonds. The van der Waals surface area contributed by atoms with Crippen LogP contribution in [0.4, 0.5) is 4.79 Å². The van der Waals surface area contributed by atoms with Gasteiger partial charge >= 0.3 is 6.09 Å². The quantitative estimate of drug-likeness (QED) is 0.146. The number of hydrogen-bond donors (Lipinski definition) is 3. The van der Waals surface area contributed by atoms with Gasteiger partial charge in [0.15, 0.2) is 0 Å². The smallest absolute Gasteiger partial charge is 0.407 e. The van der Waals surface area contributed by atoms with Crippen LogP contribution in [-0.4, -0.2) is 73.9 Å². The summed E-state index contributed by atoms with van der Waals surface area (Å²) in [6.45, 7) is 9.56. The molecular weight excluding hydrogens is 763 g/mol. The Morgan fingerprint density at radius 2 is 1.36 bits per heavy atom. The molecule has 2 unspecified atom stereocenters. The molecule has 322 valence electrons. The molecule has 4 aromatic rings. The highest BCUT2D eigenvalue weighted by Crippen LogP contribution is 2.58. The number of carbonyl (C=O) groups is 3. The number of likely N-dealkylation sites (tertiary alicyclic amines) is 2. The molecule has 11 heteroatoms. The minimum atomic E-state index is -0.668. The number of imidazole rings is 2. The summed E-state index contributed by atoms with van der Waals surface area (Å²) in [4.78, 5) is 60.6. The summed E-state index contributed by atoms with van der Waals surface area (Å²) in [5.74, 6) is 3.37. The Hall–Kier alpha value is -4.93. The second kappa shape index (κ2) is 15.8. The number of benzene rings is 2. The van der Waals surface area contributed by atoms with E-state index in [9.17, 15) is 14.4 Å². The number of methoxy groups -OCH3 is 1. The first-order chi connectivity index (χ1) is 29.5. The summed E-state index contributed by atoms with van der Waals surface area (Å²) < 4.78 is 4.85. The molecular formula is C50H63N7O4. The van der Waals surface area contributed by atoms with Gasteiger partial charge in [0.25, 0.3) is 0 Å². The third-order valence-corrected chi connectivity index (χ3v) is 15.6. The Balaban J connectivity index is 0.981. The fourth-order valence-electron chi connectivity index (χ4n) is 12.4. The fourth-order valence-corrected chi connectivity index (χ4v) is 12.4. The summed E-state index contributed by atoms with van der Waals surface area (Å²) in [6.07, 6.45) is 18.7.